The van der Waals surface area contributed by atoms with Gasteiger partial charge < -0.3 is 15.6 Å². The summed E-state index contributed by atoms with van der Waals surface area (Å²) in [5.74, 6) is -0.683. The first-order valence-electron chi connectivity index (χ1n) is 7.26. The molecule has 0 aliphatic heterocycles. The molecule has 0 unspecified atom stereocenters. The highest BCUT2D eigenvalue weighted by Crippen LogP contribution is 2.35. The molecule has 26 heavy (non-hydrogen) atoms. The molecule has 2 rings (SSSR count). The first-order valence-corrected chi connectivity index (χ1v) is 9.16. The van der Waals surface area contributed by atoms with E-state index in [2.05, 4.69) is 25.6 Å². The SMILES string of the molecule is CCNc1nc(Nc2c(S(C)(=O)=O)[nH]c(C#N)c2C)ncc1C(F)(F)F. The minimum Gasteiger partial charge on any atom is -0.370 e. The zero-order valence-corrected chi connectivity index (χ0v) is 14.8. The molecule has 0 aromatic carbocycles. The maximum atomic E-state index is 13.0. The summed E-state index contributed by atoms with van der Waals surface area (Å²) < 4.78 is 62.8. The molecule has 12 heteroatoms. The van der Waals surface area contributed by atoms with E-state index in [9.17, 15) is 21.6 Å². The quantitative estimate of drug-likeness (QED) is 0.719. The molecule has 0 bridgehead atoms. The van der Waals surface area contributed by atoms with E-state index in [1.165, 1.54) is 6.92 Å². The Bertz CT molecular complexity index is 976. The third-order valence-corrected chi connectivity index (χ3v) is 4.42. The van der Waals surface area contributed by atoms with Crippen LogP contribution in [0.2, 0.25) is 0 Å². The third kappa shape index (κ3) is 3.88. The van der Waals surface area contributed by atoms with Gasteiger partial charge in [0.15, 0.2) is 14.9 Å². The molecule has 0 aliphatic rings. The Kier molecular flexibility index (Phi) is 5.13. The zero-order valence-electron chi connectivity index (χ0n) is 14.0. The summed E-state index contributed by atoms with van der Waals surface area (Å²) in [6.07, 6.45) is -3.12. The number of alkyl halides is 3. The molecule has 140 valence electrons. The van der Waals surface area contributed by atoms with Crippen LogP contribution in [-0.4, -0.2) is 36.2 Å². The molecule has 0 fully saturated rings. The molecule has 0 amide bonds. The van der Waals surface area contributed by atoms with Crippen molar-refractivity contribution in [2.45, 2.75) is 25.0 Å². The summed E-state index contributed by atoms with van der Waals surface area (Å²) in [4.78, 5) is 9.86. The predicted molar refractivity (Wildman–Crippen MR) is 87.8 cm³/mol. The van der Waals surface area contributed by atoms with Gasteiger partial charge in [0, 0.05) is 24.6 Å². The van der Waals surface area contributed by atoms with Crippen LogP contribution in [0.1, 0.15) is 23.7 Å². The minimum atomic E-state index is -4.65. The van der Waals surface area contributed by atoms with Crippen molar-refractivity contribution in [2.24, 2.45) is 0 Å². The van der Waals surface area contributed by atoms with Crippen molar-refractivity contribution in [3.8, 4) is 6.07 Å². The lowest BCUT2D eigenvalue weighted by molar-refractivity contribution is -0.137. The molecular formula is C14H15F3N6O2S. The molecule has 0 radical (unpaired) electrons. The summed E-state index contributed by atoms with van der Waals surface area (Å²) in [6.45, 7) is 3.28. The smallest absolute Gasteiger partial charge is 0.370 e. The molecule has 0 saturated heterocycles. The van der Waals surface area contributed by atoms with E-state index in [1.54, 1.807) is 6.92 Å². The number of H-pyrrole nitrogens is 1. The van der Waals surface area contributed by atoms with Crippen LogP contribution in [0, 0.1) is 18.3 Å². The van der Waals surface area contributed by atoms with Crippen molar-refractivity contribution < 1.29 is 21.6 Å². The van der Waals surface area contributed by atoms with Crippen molar-refractivity contribution in [2.75, 3.05) is 23.4 Å². The van der Waals surface area contributed by atoms with Crippen molar-refractivity contribution in [3.05, 3.63) is 23.0 Å². The van der Waals surface area contributed by atoms with Gasteiger partial charge in [0.1, 0.15) is 23.1 Å². The van der Waals surface area contributed by atoms with E-state index in [-0.39, 0.29) is 34.5 Å². The molecule has 0 saturated carbocycles. The molecule has 2 aromatic heterocycles. The number of anilines is 3. The highest BCUT2D eigenvalue weighted by molar-refractivity contribution is 7.90. The summed E-state index contributed by atoms with van der Waals surface area (Å²) in [5, 5.41) is 13.9. The van der Waals surface area contributed by atoms with Gasteiger partial charge in [0.25, 0.3) is 0 Å². The number of aromatic nitrogens is 3. The second-order valence-corrected chi connectivity index (χ2v) is 7.27. The van der Waals surface area contributed by atoms with Crippen LogP contribution in [0.25, 0.3) is 0 Å². The lowest BCUT2D eigenvalue weighted by Crippen LogP contribution is -2.14. The van der Waals surface area contributed by atoms with Crippen LogP contribution < -0.4 is 10.6 Å². The normalized spacial score (nSPS) is 11.9. The summed E-state index contributed by atoms with van der Waals surface area (Å²) in [6, 6.07) is 1.81. The van der Waals surface area contributed by atoms with Crippen LogP contribution in [0.3, 0.4) is 0 Å². The maximum absolute atomic E-state index is 13.0. The molecule has 2 heterocycles. The fourth-order valence-electron chi connectivity index (χ4n) is 2.17. The number of nitriles is 1. The number of nitrogens with zero attached hydrogens (tertiary/aromatic N) is 3. The van der Waals surface area contributed by atoms with Gasteiger partial charge in [-0.3, -0.25) is 0 Å². The molecule has 0 atom stereocenters. The van der Waals surface area contributed by atoms with E-state index >= 15 is 0 Å². The van der Waals surface area contributed by atoms with Gasteiger partial charge in [-0.25, -0.2) is 13.4 Å². The van der Waals surface area contributed by atoms with Crippen LogP contribution in [0.4, 0.5) is 30.6 Å². The largest absolute Gasteiger partial charge is 0.421 e. The first kappa shape index (κ1) is 19.5. The van der Waals surface area contributed by atoms with Gasteiger partial charge in [-0.1, -0.05) is 0 Å². The molecule has 2 aromatic rings. The second kappa shape index (κ2) is 6.83. The van der Waals surface area contributed by atoms with Gasteiger partial charge in [-0.2, -0.15) is 23.4 Å². The number of halogens is 3. The zero-order chi connectivity index (χ0) is 19.7. The number of hydrogen-bond donors (Lipinski definition) is 3. The number of rotatable bonds is 5. The summed E-state index contributed by atoms with van der Waals surface area (Å²) >= 11 is 0. The van der Waals surface area contributed by atoms with Crippen molar-refractivity contribution in [1.82, 2.24) is 15.0 Å². The third-order valence-electron chi connectivity index (χ3n) is 3.37. The summed E-state index contributed by atoms with van der Waals surface area (Å²) in [5.41, 5.74) is -0.754. The predicted octanol–water partition coefficient (Wildman–Crippen LogP) is 2.58. The standard InChI is InChI=1S/C14H15F3N6O2S/c1-4-19-11-8(14(15,16)17)6-20-13(23-11)22-10-7(2)9(5-18)21-12(10)26(3,24)25/h6,21H,4H2,1-3H3,(H2,19,20,22,23). The van der Waals surface area contributed by atoms with E-state index < -0.39 is 27.4 Å². The Morgan fingerprint density at radius 3 is 2.54 bits per heavy atom. The Morgan fingerprint density at radius 1 is 1.38 bits per heavy atom. The van der Waals surface area contributed by atoms with E-state index in [1.807, 2.05) is 6.07 Å². The van der Waals surface area contributed by atoms with Crippen LogP contribution in [-0.2, 0) is 16.0 Å². The lowest BCUT2D eigenvalue weighted by Gasteiger charge is -2.14. The molecule has 3 N–H and O–H groups in total. The molecule has 0 spiro atoms. The second-order valence-electron chi connectivity index (χ2n) is 5.32. The van der Waals surface area contributed by atoms with Gasteiger partial charge in [-0.15, -0.1) is 0 Å². The van der Waals surface area contributed by atoms with Crippen molar-refractivity contribution >= 4 is 27.3 Å². The highest BCUT2D eigenvalue weighted by Gasteiger charge is 2.35. The molecular weight excluding hydrogens is 373 g/mol. The van der Waals surface area contributed by atoms with Gasteiger partial charge in [0.2, 0.25) is 5.95 Å². The van der Waals surface area contributed by atoms with Gasteiger partial charge >= 0.3 is 6.18 Å². The van der Waals surface area contributed by atoms with Crippen molar-refractivity contribution in [3.63, 3.8) is 0 Å². The van der Waals surface area contributed by atoms with Crippen LogP contribution in [0.15, 0.2) is 11.2 Å². The average molecular weight is 388 g/mol. The Morgan fingerprint density at radius 2 is 2.04 bits per heavy atom. The topological polar surface area (TPSA) is 124 Å². The summed E-state index contributed by atoms with van der Waals surface area (Å²) in [7, 11) is -3.74. The Balaban J connectivity index is 2.55. The Labute approximate surface area is 147 Å². The average Bonchev–Trinajstić information content (AvgIpc) is 2.83. The molecule has 8 nitrogen and oxygen atoms in total. The van der Waals surface area contributed by atoms with Gasteiger partial charge in [-0.05, 0) is 13.8 Å². The van der Waals surface area contributed by atoms with E-state index in [0.717, 1.165) is 6.26 Å². The Hall–Kier alpha value is -2.81. The number of hydrogen-bond acceptors (Lipinski definition) is 7. The van der Waals surface area contributed by atoms with E-state index in [0.29, 0.717) is 6.20 Å². The fraction of sp³-hybridized carbons (Fsp3) is 0.357. The van der Waals surface area contributed by atoms with Gasteiger partial charge in [0.05, 0.1) is 5.69 Å². The van der Waals surface area contributed by atoms with E-state index in [4.69, 9.17) is 5.26 Å². The fourth-order valence-corrected chi connectivity index (χ4v) is 3.03. The maximum Gasteiger partial charge on any atom is 0.421 e. The number of aromatic amines is 1. The monoisotopic (exact) mass is 388 g/mol. The van der Waals surface area contributed by atoms with Crippen LogP contribution in [0.5, 0.6) is 0 Å². The number of nitrogens with one attached hydrogen (secondary N) is 3. The lowest BCUT2D eigenvalue weighted by atomic mass is 10.2. The molecule has 0 aliphatic carbocycles. The van der Waals surface area contributed by atoms with Crippen LogP contribution >= 0.6 is 0 Å². The first-order chi connectivity index (χ1) is 12.0. The van der Waals surface area contributed by atoms with Crippen molar-refractivity contribution in [1.29, 1.82) is 5.26 Å². The highest BCUT2D eigenvalue weighted by atomic mass is 32.2. The minimum absolute atomic E-state index is 0.00579. The number of sulfone groups is 1.